The van der Waals surface area contributed by atoms with Gasteiger partial charge in [0.1, 0.15) is 12.4 Å². The number of hydrogen-bond acceptors (Lipinski definition) is 4. The maximum atomic E-state index is 13.0. The third-order valence-electron chi connectivity index (χ3n) is 7.14. The summed E-state index contributed by atoms with van der Waals surface area (Å²) in [6.45, 7) is 0.457. The minimum Gasteiger partial charge on any atom is -0.489 e. The zero-order chi connectivity index (χ0) is 21.1. The monoisotopic (exact) mass is 476 g/mol. The van der Waals surface area contributed by atoms with Gasteiger partial charge in [0.2, 0.25) is 0 Å². The Morgan fingerprint density at radius 3 is 2.35 bits per heavy atom. The van der Waals surface area contributed by atoms with Crippen LogP contribution in [0.5, 0.6) is 5.75 Å². The molecule has 31 heavy (non-hydrogen) atoms. The minimum absolute atomic E-state index is 0.140. The van der Waals surface area contributed by atoms with Gasteiger partial charge in [0.25, 0.3) is 11.8 Å². The molecule has 5 nitrogen and oxygen atoms in total. The number of hydrogen-bond donors (Lipinski definition) is 0. The van der Waals surface area contributed by atoms with Crippen molar-refractivity contribution >= 4 is 34.0 Å². The van der Waals surface area contributed by atoms with E-state index in [0.717, 1.165) is 27.0 Å². The van der Waals surface area contributed by atoms with Crippen molar-refractivity contribution in [2.75, 3.05) is 0 Å². The average Bonchev–Trinajstić information content (AvgIpc) is 3.57. The van der Waals surface area contributed by atoms with Crippen molar-refractivity contribution in [3.05, 3.63) is 76.3 Å². The molecule has 2 aromatic rings. The molecule has 5 aliphatic rings. The van der Waals surface area contributed by atoms with Gasteiger partial charge in [-0.15, -0.1) is 0 Å². The second-order valence-electron chi connectivity index (χ2n) is 8.88. The van der Waals surface area contributed by atoms with Crippen LogP contribution in [-0.4, -0.2) is 23.0 Å². The lowest BCUT2D eigenvalue weighted by Crippen LogP contribution is -2.40. The van der Waals surface area contributed by atoms with Crippen LogP contribution < -0.4 is 4.74 Å². The highest BCUT2D eigenvalue weighted by atomic mass is 79.9. The van der Waals surface area contributed by atoms with Gasteiger partial charge in [0.15, 0.2) is 0 Å². The molecule has 6 atom stereocenters. The fraction of sp³-hybridized carbons (Fsp3) is 0.320. The van der Waals surface area contributed by atoms with Crippen LogP contribution in [0.2, 0.25) is 0 Å². The third-order valence-corrected chi connectivity index (χ3v) is 7.67. The number of hydrazone groups is 1. The maximum absolute atomic E-state index is 13.0. The van der Waals surface area contributed by atoms with Gasteiger partial charge in [-0.25, -0.2) is 0 Å². The molecule has 2 amide bonds. The van der Waals surface area contributed by atoms with Crippen LogP contribution in [0.4, 0.5) is 0 Å². The SMILES string of the molecule is O=C1[C@@H]2[C@H]3C=C[C@@H]([C@@H]4C[C@@H]34)[C@@H]2C(=O)N1/N=C\c1cccc(OCc2ccc(Br)cc2)c1. The lowest BCUT2D eigenvalue weighted by atomic mass is 9.63. The molecule has 6 heteroatoms. The number of halogens is 1. The van der Waals surface area contributed by atoms with E-state index < -0.39 is 0 Å². The fourth-order valence-electron chi connectivity index (χ4n) is 5.61. The molecule has 2 bridgehead atoms. The van der Waals surface area contributed by atoms with Gasteiger partial charge in [-0.2, -0.15) is 10.1 Å². The summed E-state index contributed by atoms with van der Waals surface area (Å²) in [5.41, 5.74) is 1.85. The van der Waals surface area contributed by atoms with Crippen molar-refractivity contribution < 1.29 is 14.3 Å². The number of nitrogens with zero attached hydrogens (tertiary/aromatic N) is 2. The van der Waals surface area contributed by atoms with Crippen LogP contribution in [-0.2, 0) is 16.2 Å². The number of allylic oxidation sites excluding steroid dienone is 2. The summed E-state index contributed by atoms with van der Waals surface area (Å²) in [6.07, 6.45) is 7.08. The van der Waals surface area contributed by atoms with Crippen LogP contribution in [0.1, 0.15) is 17.5 Å². The molecule has 2 aromatic carbocycles. The Morgan fingerprint density at radius 2 is 1.68 bits per heavy atom. The number of benzene rings is 2. The summed E-state index contributed by atoms with van der Waals surface area (Å²) >= 11 is 3.43. The standard InChI is InChI=1S/C25H21BrN2O3/c26-16-6-4-14(5-7-16)13-31-17-3-1-2-15(10-17)12-27-28-24(29)22-18-8-9-19(21-11-20(18)21)23(22)25(28)30/h1-10,12,18-23H,11,13H2/b27-12-/t18-,19-,20-,21-,22-,23+/m0/s1. The summed E-state index contributed by atoms with van der Waals surface area (Å²) < 4.78 is 6.91. The van der Waals surface area contributed by atoms with Crippen LogP contribution >= 0.6 is 15.9 Å². The summed E-state index contributed by atoms with van der Waals surface area (Å²) in [5, 5.41) is 5.42. The molecule has 0 radical (unpaired) electrons. The molecular formula is C25H21BrN2O3. The van der Waals surface area contributed by atoms with E-state index >= 15 is 0 Å². The van der Waals surface area contributed by atoms with Gasteiger partial charge in [-0.05, 0) is 65.5 Å². The first kappa shape index (κ1) is 19.0. The van der Waals surface area contributed by atoms with E-state index in [1.165, 1.54) is 0 Å². The number of ether oxygens (including phenoxy) is 1. The van der Waals surface area contributed by atoms with E-state index in [1.54, 1.807) is 6.21 Å². The summed E-state index contributed by atoms with van der Waals surface area (Å²) in [7, 11) is 0. The summed E-state index contributed by atoms with van der Waals surface area (Å²) in [6, 6.07) is 15.5. The third kappa shape index (κ3) is 3.16. The predicted molar refractivity (Wildman–Crippen MR) is 119 cm³/mol. The second-order valence-corrected chi connectivity index (χ2v) is 9.79. The Labute approximate surface area is 188 Å². The first-order valence-electron chi connectivity index (χ1n) is 10.7. The van der Waals surface area contributed by atoms with Crippen LogP contribution in [0.25, 0.3) is 0 Å². The predicted octanol–water partition coefficient (Wildman–Crippen LogP) is 4.42. The van der Waals surface area contributed by atoms with Crippen molar-refractivity contribution in [2.24, 2.45) is 40.6 Å². The molecule has 0 N–H and O–H groups in total. The van der Waals surface area contributed by atoms with Gasteiger partial charge in [-0.1, -0.05) is 52.3 Å². The molecule has 156 valence electrons. The van der Waals surface area contributed by atoms with Crippen LogP contribution in [0, 0.1) is 35.5 Å². The first-order valence-corrected chi connectivity index (χ1v) is 11.5. The molecule has 1 saturated heterocycles. The fourth-order valence-corrected chi connectivity index (χ4v) is 5.88. The van der Waals surface area contributed by atoms with E-state index in [4.69, 9.17) is 4.74 Å². The highest BCUT2D eigenvalue weighted by Crippen LogP contribution is 2.65. The van der Waals surface area contributed by atoms with Gasteiger partial charge in [0.05, 0.1) is 18.1 Å². The van der Waals surface area contributed by atoms with E-state index in [2.05, 4.69) is 33.2 Å². The lowest BCUT2D eigenvalue weighted by molar-refractivity contribution is -0.140. The van der Waals surface area contributed by atoms with E-state index in [-0.39, 0.29) is 35.5 Å². The van der Waals surface area contributed by atoms with Crippen LogP contribution in [0.15, 0.2) is 70.3 Å². The maximum Gasteiger partial charge on any atom is 0.254 e. The molecule has 4 aliphatic carbocycles. The molecular weight excluding hydrogens is 456 g/mol. The number of rotatable bonds is 5. The molecule has 3 fully saturated rings. The smallest absolute Gasteiger partial charge is 0.254 e. The second kappa shape index (κ2) is 7.16. The first-order chi connectivity index (χ1) is 15.1. The van der Waals surface area contributed by atoms with E-state index in [1.807, 2.05) is 48.5 Å². The molecule has 1 aliphatic heterocycles. The lowest BCUT2D eigenvalue weighted by Gasteiger charge is -2.37. The largest absolute Gasteiger partial charge is 0.489 e. The van der Waals surface area contributed by atoms with Crippen LogP contribution in [0.3, 0.4) is 0 Å². The highest BCUT2D eigenvalue weighted by Gasteiger charge is 2.67. The van der Waals surface area contributed by atoms with Gasteiger partial charge < -0.3 is 4.74 Å². The van der Waals surface area contributed by atoms with Crippen molar-refractivity contribution in [3.63, 3.8) is 0 Å². The Bertz CT molecular complexity index is 1090. The number of amides is 2. The summed E-state index contributed by atoms with van der Waals surface area (Å²) in [5.74, 6) is 1.61. The summed E-state index contributed by atoms with van der Waals surface area (Å²) in [4.78, 5) is 26.0. The molecule has 0 unspecified atom stereocenters. The Hall–Kier alpha value is -2.73. The van der Waals surface area contributed by atoms with Crippen molar-refractivity contribution in [1.29, 1.82) is 0 Å². The van der Waals surface area contributed by atoms with Crippen molar-refractivity contribution in [1.82, 2.24) is 5.01 Å². The topological polar surface area (TPSA) is 59.0 Å². The molecule has 0 aromatic heterocycles. The highest BCUT2D eigenvalue weighted by molar-refractivity contribution is 9.10. The number of carbonyl (C=O) groups is 2. The van der Waals surface area contributed by atoms with Crippen molar-refractivity contribution in [3.8, 4) is 5.75 Å². The van der Waals surface area contributed by atoms with Gasteiger partial charge in [-0.3, -0.25) is 9.59 Å². The number of carbonyl (C=O) groups excluding carboxylic acids is 2. The van der Waals surface area contributed by atoms with Crippen molar-refractivity contribution in [2.45, 2.75) is 13.0 Å². The molecule has 1 heterocycles. The molecule has 2 saturated carbocycles. The Kier molecular flexibility index (Phi) is 4.39. The van der Waals surface area contributed by atoms with E-state index in [9.17, 15) is 9.59 Å². The zero-order valence-electron chi connectivity index (χ0n) is 16.7. The van der Waals surface area contributed by atoms with Gasteiger partial charge >= 0.3 is 0 Å². The Balaban J connectivity index is 1.16. The quantitative estimate of drug-likeness (QED) is 0.364. The average molecular weight is 477 g/mol. The molecule has 7 rings (SSSR count). The Morgan fingerprint density at radius 1 is 1.00 bits per heavy atom. The minimum atomic E-state index is -0.219. The van der Waals surface area contributed by atoms with E-state index in [0.29, 0.717) is 24.2 Å². The normalized spacial score (nSPS) is 32.5. The van der Waals surface area contributed by atoms with Gasteiger partial charge in [0, 0.05) is 4.47 Å². The number of imide groups is 1. The zero-order valence-corrected chi connectivity index (χ0v) is 18.3. The molecule has 0 spiro atoms.